The number of unbranched alkanes of at least 4 members (excludes halogenated alkanes) is 20. The molecule has 3 atom stereocenters. The normalized spacial score (nSPS) is 14.5. The predicted octanol–water partition coefficient (Wildman–Crippen LogP) is 11.3. The van der Waals surface area contributed by atoms with Gasteiger partial charge in [-0.05, 0) is 64.2 Å². The number of hydrogen-bond acceptors (Lipinski definition) is 8. The Morgan fingerprint density at radius 3 is 1.62 bits per heavy atom. The summed E-state index contributed by atoms with van der Waals surface area (Å²) in [5, 5.41) is 18.3. The summed E-state index contributed by atoms with van der Waals surface area (Å²) in [5.74, 6) is -0.395. The molecule has 0 aromatic heterocycles. The van der Waals surface area contributed by atoms with Crippen LogP contribution in [0.4, 0.5) is 0 Å². The van der Waals surface area contributed by atoms with Crippen LogP contribution in [0.2, 0.25) is 0 Å². The number of ether oxygens (including phenoxy) is 2. The molecule has 0 aromatic rings. The number of aliphatic hydroxyl groups is 2. The standard InChI is InChI=1S/C42H79O9P/c1-3-5-7-9-11-13-15-17-19-20-22-24-26-28-30-32-34-42(45)51-41(39-50-52(46,47)49-37-40(44)36-43)38-48-35-33-31-29-27-25-23-21-18-16-14-12-10-8-6-4-2/h10,12,16,18-20,40-41,43-44H,3-9,11,13-15,17,21-39H2,1-2H3,(H,46,47)/b12-10-,18-16-,20-19-. The Balaban J connectivity index is 4.22. The van der Waals surface area contributed by atoms with Crippen molar-refractivity contribution in [3.05, 3.63) is 36.5 Å². The lowest BCUT2D eigenvalue weighted by molar-refractivity contribution is -0.154. The molecule has 0 aliphatic heterocycles. The summed E-state index contributed by atoms with van der Waals surface area (Å²) < 4.78 is 33.3. The average molecular weight is 759 g/mol. The highest BCUT2D eigenvalue weighted by Gasteiger charge is 2.26. The number of hydrogen-bond donors (Lipinski definition) is 3. The van der Waals surface area contributed by atoms with Gasteiger partial charge in [-0.2, -0.15) is 0 Å². The molecule has 0 saturated heterocycles. The minimum atomic E-state index is -4.52. The number of allylic oxidation sites excluding steroid dienone is 6. The summed E-state index contributed by atoms with van der Waals surface area (Å²) in [6.45, 7) is 3.44. The first-order valence-electron chi connectivity index (χ1n) is 21.0. The Kier molecular flexibility index (Phi) is 38.4. The molecule has 0 amide bonds. The molecule has 9 nitrogen and oxygen atoms in total. The Hall–Kier alpha value is -1.32. The molecular formula is C42H79O9P. The molecular weight excluding hydrogens is 679 g/mol. The van der Waals surface area contributed by atoms with Crippen molar-refractivity contribution in [1.29, 1.82) is 0 Å². The monoisotopic (exact) mass is 759 g/mol. The van der Waals surface area contributed by atoms with E-state index in [4.69, 9.17) is 23.6 Å². The molecule has 3 N–H and O–H groups in total. The van der Waals surface area contributed by atoms with Crippen LogP contribution in [0.5, 0.6) is 0 Å². The topological polar surface area (TPSA) is 132 Å². The van der Waals surface area contributed by atoms with Crippen LogP contribution < -0.4 is 0 Å². The summed E-state index contributed by atoms with van der Waals surface area (Å²) in [6, 6.07) is 0. The van der Waals surface area contributed by atoms with Gasteiger partial charge in [-0.25, -0.2) is 4.57 Å². The second kappa shape index (κ2) is 39.4. The molecule has 0 rings (SSSR count). The predicted molar refractivity (Wildman–Crippen MR) is 214 cm³/mol. The van der Waals surface area contributed by atoms with Crippen molar-refractivity contribution in [2.24, 2.45) is 0 Å². The average Bonchev–Trinajstić information content (AvgIpc) is 3.13. The van der Waals surface area contributed by atoms with E-state index in [0.717, 1.165) is 70.6 Å². The quantitative estimate of drug-likeness (QED) is 0.0242. The number of phosphoric ester groups is 1. The van der Waals surface area contributed by atoms with Gasteiger partial charge >= 0.3 is 13.8 Å². The van der Waals surface area contributed by atoms with Gasteiger partial charge in [-0.3, -0.25) is 13.8 Å². The van der Waals surface area contributed by atoms with Crippen LogP contribution in [0.25, 0.3) is 0 Å². The Labute approximate surface area is 318 Å². The van der Waals surface area contributed by atoms with Gasteiger partial charge in [0.1, 0.15) is 12.2 Å². The van der Waals surface area contributed by atoms with E-state index in [-0.39, 0.29) is 19.6 Å². The zero-order valence-electron chi connectivity index (χ0n) is 33.3. The van der Waals surface area contributed by atoms with E-state index in [1.165, 1.54) is 89.9 Å². The maximum absolute atomic E-state index is 12.6. The molecule has 0 fully saturated rings. The molecule has 52 heavy (non-hydrogen) atoms. The highest BCUT2D eigenvalue weighted by atomic mass is 31.2. The summed E-state index contributed by atoms with van der Waals surface area (Å²) in [6.07, 6.45) is 40.9. The molecule has 0 saturated carbocycles. The van der Waals surface area contributed by atoms with Gasteiger partial charge < -0.3 is 24.6 Å². The lowest BCUT2D eigenvalue weighted by Crippen LogP contribution is -2.29. The maximum atomic E-state index is 12.6. The third-order valence-corrected chi connectivity index (χ3v) is 9.75. The highest BCUT2D eigenvalue weighted by molar-refractivity contribution is 7.47. The summed E-state index contributed by atoms with van der Waals surface area (Å²) >= 11 is 0. The molecule has 10 heteroatoms. The molecule has 3 unspecified atom stereocenters. The van der Waals surface area contributed by atoms with Gasteiger partial charge in [0, 0.05) is 13.0 Å². The van der Waals surface area contributed by atoms with Crippen molar-refractivity contribution < 1.29 is 43.0 Å². The van der Waals surface area contributed by atoms with E-state index in [2.05, 4.69) is 50.3 Å². The number of aliphatic hydroxyl groups excluding tert-OH is 2. The first-order chi connectivity index (χ1) is 25.3. The smallest absolute Gasteiger partial charge is 0.457 e. The van der Waals surface area contributed by atoms with Crippen LogP contribution in [-0.2, 0) is 27.9 Å². The van der Waals surface area contributed by atoms with Crippen LogP contribution in [0, 0.1) is 0 Å². The Bertz CT molecular complexity index is 908. The summed E-state index contributed by atoms with van der Waals surface area (Å²) in [4.78, 5) is 22.5. The fourth-order valence-corrected chi connectivity index (χ4v) is 6.33. The number of carbonyl (C=O) groups excluding carboxylic acids is 1. The zero-order valence-corrected chi connectivity index (χ0v) is 34.2. The van der Waals surface area contributed by atoms with Crippen molar-refractivity contribution in [2.75, 3.05) is 33.0 Å². The van der Waals surface area contributed by atoms with E-state index in [1.807, 2.05) is 0 Å². The minimum absolute atomic E-state index is 0.0393. The Morgan fingerprint density at radius 1 is 0.596 bits per heavy atom. The molecule has 0 bridgehead atoms. The van der Waals surface area contributed by atoms with E-state index in [9.17, 15) is 19.4 Å². The van der Waals surface area contributed by atoms with Crippen LogP contribution >= 0.6 is 7.82 Å². The summed E-state index contributed by atoms with van der Waals surface area (Å²) in [7, 11) is -4.52. The van der Waals surface area contributed by atoms with E-state index in [0.29, 0.717) is 6.61 Å². The van der Waals surface area contributed by atoms with Gasteiger partial charge in [0.05, 0.1) is 26.4 Å². The van der Waals surface area contributed by atoms with Crippen molar-refractivity contribution in [3.63, 3.8) is 0 Å². The van der Waals surface area contributed by atoms with E-state index in [1.54, 1.807) is 0 Å². The van der Waals surface area contributed by atoms with E-state index >= 15 is 0 Å². The molecule has 0 aliphatic rings. The van der Waals surface area contributed by atoms with Gasteiger partial charge in [0.25, 0.3) is 0 Å². The minimum Gasteiger partial charge on any atom is -0.457 e. The fraction of sp³-hybridized carbons (Fsp3) is 0.833. The van der Waals surface area contributed by atoms with E-state index < -0.39 is 39.2 Å². The van der Waals surface area contributed by atoms with Crippen LogP contribution in [0.1, 0.15) is 181 Å². The molecule has 0 aliphatic carbocycles. The largest absolute Gasteiger partial charge is 0.472 e. The highest BCUT2D eigenvalue weighted by Crippen LogP contribution is 2.43. The molecule has 0 heterocycles. The third kappa shape index (κ3) is 38.4. The van der Waals surface area contributed by atoms with Crippen LogP contribution in [0.15, 0.2) is 36.5 Å². The van der Waals surface area contributed by atoms with Crippen molar-refractivity contribution in [1.82, 2.24) is 0 Å². The lowest BCUT2D eigenvalue weighted by atomic mass is 10.1. The number of rotatable bonds is 40. The van der Waals surface area contributed by atoms with Crippen LogP contribution in [-0.4, -0.2) is 66.3 Å². The Morgan fingerprint density at radius 2 is 1.06 bits per heavy atom. The van der Waals surface area contributed by atoms with Crippen molar-refractivity contribution in [3.8, 4) is 0 Å². The number of esters is 1. The molecule has 0 radical (unpaired) electrons. The van der Waals surface area contributed by atoms with Gasteiger partial charge in [0.2, 0.25) is 0 Å². The second-order valence-corrected chi connectivity index (χ2v) is 15.5. The zero-order chi connectivity index (χ0) is 38.2. The maximum Gasteiger partial charge on any atom is 0.472 e. The first kappa shape index (κ1) is 50.7. The second-order valence-electron chi connectivity index (χ2n) is 14.0. The lowest BCUT2D eigenvalue weighted by Gasteiger charge is -2.20. The molecule has 306 valence electrons. The van der Waals surface area contributed by atoms with Crippen molar-refractivity contribution >= 4 is 13.8 Å². The molecule has 0 spiro atoms. The van der Waals surface area contributed by atoms with Gasteiger partial charge in [-0.1, -0.05) is 147 Å². The number of carbonyl (C=O) groups is 1. The van der Waals surface area contributed by atoms with Gasteiger partial charge in [-0.15, -0.1) is 0 Å². The van der Waals surface area contributed by atoms with Crippen molar-refractivity contribution in [2.45, 2.75) is 193 Å². The van der Waals surface area contributed by atoms with Crippen LogP contribution in [0.3, 0.4) is 0 Å². The fourth-order valence-electron chi connectivity index (χ4n) is 5.54. The first-order valence-corrected chi connectivity index (χ1v) is 22.5. The summed E-state index contributed by atoms with van der Waals surface area (Å²) in [5.41, 5.74) is 0. The number of phosphoric acid groups is 1. The molecule has 0 aromatic carbocycles. The third-order valence-electron chi connectivity index (χ3n) is 8.80. The van der Waals surface area contributed by atoms with Gasteiger partial charge in [0.15, 0.2) is 0 Å². The SMILES string of the molecule is CCCC/C=C\C/C=C\CCCCCCCCOCC(COP(=O)(O)OCC(O)CO)OC(=O)CCCCCCC/C=C\CCCCCCCCC.